The highest BCUT2D eigenvalue weighted by atomic mass is 16.6. The van der Waals surface area contributed by atoms with E-state index in [0.717, 1.165) is 0 Å². The van der Waals surface area contributed by atoms with Crippen LogP contribution in [-0.2, 0) is 14.9 Å². The van der Waals surface area contributed by atoms with Gasteiger partial charge in [0.15, 0.2) is 0 Å². The van der Waals surface area contributed by atoms with Gasteiger partial charge in [-0.2, -0.15) is 0 Å². The molecule has 1 aliphatic carbocycles. The van der Waals surface area contributed by atoms with Crippen LogP contribution < -0.4 is 5.32 Å². The molecule has 1 saturated carbocycles. The van der Waals surface area contributed by atoms with Crippen LogP contribution in [0.1, 0.15) is 50.8 Å². The van der Waals surface area contributed by atoms with E-state index in [1.54, 1.807) is 45.0 Å². The van der Waals surface area contributed by atoms with Gasteiger partial charge in [-0.3, -0.25) is 4.79 Å². The number of carbonyl (C=O) groups excluding carboxylic acids is 1. The maximum absolute atomic E-state index is 11.6. The number of ether oxygens (including phenoxy) is 1. The molecule has 1 amide bonds. The van der Waals surface area contributed by atoms with Crippen LogP contribution in [0.4, 0.5) is 4.79 Å². The van der Waals surface area contributed by atoms with Crippen molar-refractivity contribution in [1.29, 1.82) is 0 Å². The fourth-order valence-electron chi connectivity index (χ4n) is 2.59. The zero-order valence-electron chi connectivity index (χ0n) is 14.7. The standard InChI is InChI=1S/C18H25NO6/c1-17(2,3)25-16(24)19-10-13(20)14(21)11-4-6-12(7-5-11)18(8-9-18)15(22)23/h4-7,13-14,20-21H,8-10H2,1-3H3,(H,19,24)(H,22,23). The van der Waals surface area contributed by atoms with Crippen LogP contribution in [0.5, 0.6) is 0 Å². The highest BCUT2D eigenvalue weighted by Gasteiger charge is 2.51. The molecule has 0 bridgehead atoms. The van der Waals surface area contributed by atoms with Gasteiger partial charge in [0.25, 0.3) is 0 Å². The van der Waals surface area contributed by atoms with Gasteiger partial charge in [-0.25, -0.2) is 4.79 Å². The lowest BCUT2D eigenvalue weighted by Crippen LogP contribution is -2.38. The van der Waals surface area contributed by atoms with Crippen LogP contribution in [0, 0.1) is 0 Å². The first-order chi connectivity index (χ1) is 11.5. The number of aliphatic carboxylic acids is 1. The number of aliphatic hydroxyl groups is 2. The van der Waals surface area contributed by atoms with Gasteiger partial charge in [0, 0.05) is 6.54 Å². The number of alkyl carbamates (subject to hydrolysis) is 1. The Morgan fingerprint density at radius 1 is 1.20 bits per heavy atom. The predicted octanol–water partition coefficient (Wildman–Crippen LogP) is 1.72. The van der Waals surface area contributed by atoms with E-state index in [9.17, 15) is 24.9 Å². The first kappa shape index (κ1) is 19.2. The van der Waals surface area contributed by atoms with Gasteiger partial charge in [-0.15, -0.1) is 0 Å². The summed E-state index contributed by atoms with van der Waals surface area (Å²) in [6.45, 7) is 5.01. The Hall–Kier alpha value is -2.12. The third kappa shape index (κ3) is 4.70. The third-order valence-electron chi connectivity index (χ3n) is 4.18. The molecule has 7 nitrogen and oxygen atoms in total. The van der Waals surface area contributed by atoms with E-state index in [-0.39, 0.29) is 6.54 Å². The topological polar surface area (TPSA) is 116 Å². The minimum Gasteiger partial charge on any atom is -0.481 e. The lowest BCUT2D eigenvalue weighted by Gasteiger charge is -2.22. The second-order valence-corrected chi connectivity index (χ2v) is 7.40. The summed E-state index contributed by atoms with van der Waals surface area (Å²) in [5.74, 6) is -0.845. The maximum atomic E-state index is 11.6. The molecule has 2 rings (SSSR count). The van der Waals surface area contributed by atoms with Crippen molar-refractivity contribution in [2.75, 3.05) is 6.54 Å². The molecule has 0 heterocycles. The van der Waals surface area contributed by atoms with E-state index in [4.69, 9.17) is 4.74 Å². The molecular weight excluding hydrogens is 326 g/mol. The van der Waals surface area contributed by atoms with E-state index >= 15 is 0 Å². The molecule has 138 valence electrons. The van der Waals surface area contributed by atoms with Crippen molar-refractivity contribution in [1.82, 2.24) is 5.32 Å². The fraction of sp³-hybridized carbons (Fsp3) is 0.556. The lowest BCUT2D eigenvalue weighted by molar-refractivity contribution is -0.140. The highest BCUT2D eigenvalue weighted by molar-refractivity contribution is 5.84. The van der Waals surface area contributed by atoms with Crippen molar-refractivity contribution in [3.8, 4) is 0 Å². The van der Waals surface area contributed by atoms with Crippen LogP contribution >= 0.6 is 0 Å². The number of nitrogens with one attached hydrogen (secondary N) is 1. The molecule has 2 atom stereocenters. The van der Waals surface area contributed by atoms with Crippen LogP contribution in [0.25, 0.3) is 0 Å². The number of rotatable bonds is 6. The minimum absolute atomic E-state index is 0.170. The summed E-state index contributed by atoms with van der Waals surface area (Å²) in [4.78, 5) is 22.9. The molecule has 1 aromatic carbocycles. The highest BCUT2D eigenvalue weighted by Crippen LogP contribution is 2.48. The molecule has 0 aromatic heterocycles. The summed E-state index contributed by atoms with van der Waals surface area (Å²) in [6, 6.07) is 6.51. The fourth-order valence-corrected chi connectivity index (χ4v) is 2.59. The Morgan fingerprint density at radius 3 is 2.20 bits per heavy atom. The Bertz CT molecular complexity index is 630. The number of carboxylic acids is 1. The van der Waals surface area contributed by atoms with Crippen molar-refractivity contribution in [3.63, 3.8) is 0 Å². The molecule has 1 aromatic rings. The molecule has 25 heavy (non-hydrogen) atoms. The second-order valence-electron chi connectivity index (χ2n) is 7.40. The molecule has 0 radical (unpaired) electrons. The number of hydrogen-bond acceptors (Lipinski definition) is 5. The number of aliphatic hydroxyl groups excluding tert-OH is 2. The number of benzene rings is 1. The predicted molar refractivity (Wildman–Crippen MR) is 90.2 cm³/mol. The zero-order valence-corrected chi connectivity index (χ0v) is 14.7. The Morgan fingerprint density at radius 2 is 1.76 bits per heavy atom. The van der Waals surface area contributed by atoms with Crippen molar-refractivity contribution in [2.45, 2.75) is 56.8 Å². The first-order valence-electron chi connectivity index (χ1n) is 8.22. The largest absolute Gasteiger partial charge is 0.481 e. The second kappa shape index (κ2) is 7.01. The molecule has 1 aliphatic rings. The molecule has 0 spiro atoms. The van der Waals surface area contributed by atoms with Crippen molar-refractivity contribution >= 4 is 12.1 Å². The number of carboxylic acid groups (broad SMARTS) is 1. The molecule has 1 fully saturated rings. The molecule has 0 aliphatic heterocycles. The average molecular weight is 351 g/mol. The summed E-state index contributed by atoms with van der Waals surface area (Å²) in [6.07, 6.45) is -1.89. The van der Waals surface area contributed by atoms with Crippen LogP contribution in [0.15, 0.2) is 24.3 Å². The number of amides is 1. The summed E-state index contributed by atoms with van der Waals surface area (Å²) < 4.78 is 5.06. The minimum atomic E-state index is -1.22. The quantitative estimate of drug-likeness (QED) is 0.620. The van der Waals surface area contributed by atoms with Crippen LogP contribution in [0.2, 0.25) is 0 Å². The van der Waals surface area contributed by atoms with E-state index < -0.39 is 35.3 Å². The van der Waals surface area contributed by atoms with Gasteiger partial charge < -0.3 is 25.4 Å². The summed E-state index contributed by atoms with van der Waals surface area (Å²) in [5.41, 5.74) is -0.312. The Kier molecular flexibility index (Phi) is 5.39. The van der Waals surface area contributed by atoms with Gasteiger partial charge in [-0.1, -0.05) is 24.3 Å². The van der Waals surface area contributed by atoms with Crippen molar-refractivity contribution < 1.29 is 29.6 Å². The lowest BCUT2D eigenvalue weighted by atomic mass is 9.93. The molecule has 0 saturated heterocycles. The van der Waals surface area contributed by atoms with E-state index in [0.29, 0.717) is 24.0 Å². The molecular formula is C18H25NO6. The van der Waals surface area contributed by atoms with Crippen molar-refractivity contribution in [3.05, 3.63) is 35.4 Å². The van der Waals surface area contributed by atoms with E-state index in [1.807, 2.05) is 0 Å². The smallest absolute Gasteiger partial charge is 0.407 e. The zero-order chi connectivity index (χ0) is 18.8. The van der Waals surface area contributed by atoms with Crippen LogP contribution in [0.3, 0.4) is 0 Å². The molecule has 4 N–H and O–H groups in total. The number of carbonyl (C=O) groups is 2. The van der Waals surface area contributed by atoms with Gasteiger partial charge in [0.1, 0.15) is 17.8 Å². The summed E-state index contributed by atoms with van der Waals surface area (Å²) in [7, 11) is 0. The number of hydrogen-bond donors (Lipinski definition) is 4. The Labute approximate surface area is 146 Å². The average Bonchev–Trinajstić information content (AvgIpc) is 3.32. The third-order valence-corrected chi connectivity index (χ3v) is 4.18. The van der Waals surface area contributed by atoms with Crippen molar-refractivity contribution in [2.24, 2.45) is 0 Å². The van der Waals surface area contributed by atoms with E-state index in [2.05, 4.69) is 5.32 Å². The monoisotopic (exact) mass is 351 g/mol. The SMILES string of the molecule is CC(C)(C)OC(=O)NCC(O)C(O)c1ccc(C2(C(=O)O)CC2)cc1. The Balaban J connectivity index is 1.92. The van der Waals surface area contributed by atoms with E-state index in [1.165, 1.54) is 0 Å². The molecule has 7 heteroatoms. The van der Waals surface area contributed by atoms with Gasteiger partial charge >= 0.3 is 12.1 Å². The summed E-state index contributed by atoms with van der Waals surface area (Å²) >= 11 is 0. The van der Waals surface area contributed by atoms with Gasteiger partial charge in [0.05, 0.1) is 5.41 Å². The van der Waals surface area contributed by atoms with Gasteiger partial charge in [-0.05, 0) is 44.7 Å². The normalized spacial score (nSPS) is 18.1. The molecule has 2 unspecified atom stereocenters. The maximum Gasteiger partial charge on any atom is 0.407 e. The summed E-state index contributed by atoms with van der Waals surface area (Å²) in [5, 5.41) is 31.9. The van der Waals surface area contributed by atoms with Crippen LogP contribution in [-0.4, -0.2) is 45.6 Å². The van der Waals surface area contributed by atoms with Gasteiger partial charge in [0.2, 0.25) is 0 Å². The first-order valence-corrected chi connectivity index (χ1v) is 8.22.